The molecule has 0 fully saturated rings. The van der Waals surface area contributed by atoms with Crippen LogP contribution in [0.4, 0.5) is 24.8 Å². The van der Waals surface area contributed by atoms with Crippen LogP contribution in [-0.2, 0) is 11.3 Å². The standard InChI is InChI=1S/C18H18F3N5O3/c1-27-15-7-12(3-4-14(15)26-8-16(28-2)23-11-26)24-17-22-6-5-13(25-17)9-29-10-18(19,20)21/h3-8,11H,9-10H2,1-2H3,(H,22,24,25). The number of nitrogens with one attached hydrogen (secondary N) is 1. The Morgan fingerprint density at radius 1 is 1.10 bits per heavy atom. The van der Waals surface area contributed by atoms with Crippen molar-refractivity contribution >= 4 is 11.6 Å². The molecule has 0 saturated heterocycles. The summed E-state index contributed by atoms with van der Waals surface area (Å²) in [5.74, 6) is 1.24. The first-order chi connectivity index (χ1) is 13.9. The molecule has 2 heterocycles. The summed E-state index contributed by atoms with van der Waals surface area (Å²) in [4.78, 5) is 12.3. The average Bonchev–Trinajstić information content (AvgIpc) is 3.16. The van der Waals surface area contributed by atoms with Crippen LogP contribution in [0.5, 0.6) is 11.6 Å². The number of alkyl halides is 3. The summed E-state index contributed by atoms with van der Waals surface area (Å²) in [6, 6.07) is 6.80. The van der Waals surface area contributed by atoms with Gasteiger partial charge in [0.1, 0.15) is 18.7 Å². The van der Waals surface area contributed by atoms with E-state index in [-0.39, 0.29) is 12.6 Å². The van der Waals surface area contributed by atoms with E-state index >= 15 is 0 Å². The second kappa shape index (κ2) is 8.78. The van der Waals surface area contributed by atoms with Crippen LogP contribution in [0.2, 0.25) is 0 Å². The molecule has 1 aromatic carbocycles. The van der Waals surface area contributed by atoms with Crippen molar-refractivity contribution in [3.05, 3.63) is 48.7 Å². The van der Waals surface area contributed by atoms with Crippen molar-refractivity contribution in [3.8, 4) is 17.3 Å². The van der Waals surface area contributed by atoms with Crippen LogP contribution in [0.3, 0.4) is 0 Å². The first kappa shape index (κ1) is 20.4. The van der Waals surface area contributed by atoms with Gasteiger partial charge in [0.25, 0.3) is 0 Å². The van der Waals surface area contributed by atoms with Crippen LogP contribution in [0.15, 0.2) is 43.0 Å². The molecule has 8 nitrogen and oxygen atoms in total. The number of aromatic nitrogens is 4. The van der Waals surface area contributed by atoms with Crippen LogP contribution in [0, 0.1) is 0 Å². The monoisotopic (exact) mass is 409 g/mol. The second-order valence-corrected chi connectivity index (χ2v) is 5.81. The summed E-state index contributed by atoms with van der Waals surface area (Å²) < 4.78 is 53.4. The van der Waals surface area contributed by atoms with E-state index in [1.165, 1.54) is 26.5 Å². The zero-order chi connectivity index (χ0) is 20.9. The number of rotatable bonds is 8. The SMILES string of the molecule is COc1cn(-c2ccc(Nc3nccc(COCC(F)(F)F)n3)cc2OC)cn1. The van der Waals surface area contributed by atoms with Gasteiger partial charge in [-0.2, -0.15) is 13.2 Å². The molecule has 3 rings (SSSR count). The number of halogens is 3. The maximum absolute atomic E-state index is 12.2. The van der Waals surface area contributed by atoms with Gasteiger partial charge in [0.15, 0.2) is 0 Å². The highest BCUT2D eigenvalue weighted by molar-refractivity contribution is 5.62. The minimum Gasteiger partial charge on any atom is -0.494 e. The number of benzene rings is 1. The van der Waals surface area contributed by atoms with Gasteiger partial charge in [-0.05, 0) is 18.2 Å². The molecule has 0 aliphatic heterocycles. The molecule has 0 unspecified atom stereocenters. The van der Waals surface area contributed by atoms with Crippen molar-refractivity contribution < 1.29 is 27.4 Å². The van der Waals surface area contributed by atoms with Crippen molar-refractivity contribution in [1.29, 1.82) is 0 Å². The molecule has 0 aliphatic rings. The highest BCUT2D eigenvalue weighted by atomic mass is 19.4. The Bertz CT molecular complexity index is 962. The molecule has 0 saturated carbocycles. The smallest absolute Gasteiger partial charge is 0.411 e. The number of anilines is 2. The van der Waals surface area contributed by atoms with Crippen LogP contribution >= 0.6 is 0 Å². The number of methoxy groups -OCH3 is 2. The molecule has 0 spiro atoms. The van der Waals surface area contributed by atoms with Gasteiger partial charge in [-0.3, -0.25) is 4.57 Å². The topological polar surface area (TPSA) is 83.3 Å². The minimum absolute atomic E-state index is 0.220. The Kier molecular flexibility index (Phi) is 6.17. The fourth-order valence-corrected chi connectivity index (χ4v) is 2.45. The van der Waals surface area contributed by atoms with E-state index in [4.69, 9.17) is 9.47 Å². The molecule has 29 heavy (non-hydrogen) atoms. The molecule has 154 valence electrons. The summed E-state index contributed by atoms with van der Waals surface area (Å²) in [7, 11) is 3.06. The number of ether oxygens (including phenoxy) is 3. The predicted octanol–water partition coefficient (Wildman–Crippen LogP) is 3.50. The Labute approximate surface area is 164 Å². The molecule has 0 radical (unpaired) electrons. The van der Waals surface area contributed by atoms with E-state index in [1.54, 1.807) is 35.3 Å². The molecular formula is C18H18F3N5O3. The maximum Gasteiger partial charge on any atom is 0.411 e. The van der Waals surface area contributed by atoms with Crippen LogP contribution in [0.25, 0.3) is 5.69 Å². The fourth-order valence-electron chi connectivity index (χ4n) is 2.45. The van der Waals surface area contributed by atoms with Crippen LogP contribution in [-0.4, -0.2) is 46.5 Å². The number of hydrogen-bond acceptors (Lipinski definition) is 7. The molecule has 0 aliphatic carbocycles. The maximum atomic E-state index is 12.2. The Morgan fingerprint density at radius 2 is 1.93 bits per heavy atom. The van der Waals surface area contributed by atoms with E-state index in [1.807, 2.05) is 0 Å². The summed E-state index contributed by atoms with van der Waals surface area (Å²) in [6.07, 6.45) is 0.354. The van der Waals surface area contributed by atoms with Gasteiger partial charge in [0.05, 0.1) is 38.4 Å². The highest BCUT2D eigenvalue weighted by Crippen LogP contribution is 2.28. The third-order valence-corrected chi connectivity index (χ3v) is 3.71. The van der Waals surface area contributed by atoms with E-state index in [9.17, 15) is 13.2 Å². The second-order valence-electron chi connectivity index (χ2n) is 5.81. The van der Waals surface area contributed by atoms with Gasteiger partial charge in [0, 0.05) is 18.0 Å². The van der Waals surface area contributed by atoms with Gasteiger partial charge >= 0.3 is 6.18 Å². The molecule has 2 aromatic heterocycles. The summed E-state index contributed by atoms with van der Waals surface area (Å²) in [6.45, 7) is -1.61. The Balaban J connectivity index is 1.72. The van der Waals surface area contributed by atoms with Gasteiger partial charge in [-0.15, -0.1) is 0 Å². The van der Waals surface area contributed by atoms with Crippen LogP contribution < -0.4 is 14.8 Å². The van der Waals surface area contributed by atoms with Gasteiger partial charge in [-0.1, -0.05) is 0 Å². The molecule has 11 heteroatoms. The van der Waals surface area contributed by atoms with Crippen molar-refractivity contribution in [1.82, 2.24) is 19.5 Å². The molecule has 3 aromatic rings. The Morgan fingerprint density at radius 3 is 2.62 bits per heavy atom. The zero-order valence-electron chi connectivity index (χ0n) is 15.6. The third-order valence-electron chi connectivity index (χ3n) is 3.71. The summed E-state index contributed by atoms with van der Waals surface area (Å²) in [5, 5.41) is 2.99. The van der Waals surface area contributed by atoms with E-state index in [0.717, 1.165) is 5.69 Å². The van der Waals surface area contributed by atoms with Crippen molar-refractivity contribution in [3.63, 3.8) is 0 Å². The molecule has 0 amide bonds. The van der Waals surface area contributed by atoms with Crippen LogP contribution in [0.1, 0.15) is 5.69 Å². The summed E-state index contributed by atoms with van der Waals surface area (Å²) >= 11 is 0. The van der Waals surface area contributed by atoms with Gasteiger partial charge in [0.2, 0.25) is 11.8 Å². The van der Waals surface area contributed by atoms with E-state index < -0.39 is 12.8 Å². The first-order valence-electron chi connectivity index (χ1n) is 8.38. The number of nitrogens with zero attached hydrogens (tertiary/aromatic N) is 4. The first-order valence-corrected chi connectivity index (χ1v) is 8.38. The van der Waals surface area contributed by atoms with Crippen molar-refractivity contribution in [2.45, 2.75) is 12.8 Å². The lowest BCUT2D eigenvalue weighted by molar-refractivity contribution is -0.176. The number of hydrogen-bond donors (Lipinski definition) is 1. The largest absolute Gasteiger partial charge is 0.494 e. The van der Waals surface area contributed by atoms with Crippen molar-refractivity contribution in [2.24, 2.45) is 0 Å². The number of imidazole rings is 1. The normalized spacial score (nSPS) is 11.3. The van der Waals surface area contributed by atoms with Gasteiger partial charge < -0.3 is 19.5 Å². The van der Waals surface area contributed by atoms with E-state index in [2.05, 4.69) is 25.0 Å². The third kappa shape index (κ3) is 5.57. The average molecular weight is 409 g/mol. The molecule has 1 N–H and O–H groups in total. The Hall–Kier alpha value is -3.34. The predicted molar refractivity (Wildman–Crippen MR) is 97.7 cm³/mol. The lowest BCUT2D eigenvalue weighted by Crippen LogP contribution is -2.17. The molecular weight excluding hydrogens is 391 g/mol. The zero-order valence-corrected chi connectivity index (χ0v) is 15.6. The highest BCUT2D eigenvalue weighted by Gasteiger charge is 2.27. The quantitative estimate of drug-likeness (QED) is 0.610. The fraction of sp³-hybridized carbons (Fsp3) is 0.278. The molecule has 0 bridgehead atoms. The van der Waals surface area contributed by atoms with E-state index in [0.29, 0.717) is 23.0 Å². The van der Waals surface area contributed by atoms with Gasteiger partial charge in [-0.25, -0.2) is 15.0 Å². The minimum atomic E-state index is -4.38. The summed E-state index contributed by atoms with van der Waals surface area (Å²) in [5.41, 5.74) is 1.69. The lowest BCUT2D eigenvalue weighted by Gasteiger charge is -2.12. The lowest BCUT2D eigenvalue weighted by atomic mass is 10.2. The molecule has 0 atom stereocenters. The van der Waals surface area contributed by atoms with Crippen molar-refractivity contribution in [2.75, 3.05) is 26.1 Å².